The lowest BCUT2D eigenvalue weighted by Crippen LogP contribution is -2.46. The van der Waals surface area contributed by atoms with Crippen molar-refractivity contribution >= 4 is 5.78 Å². The molecule has 0 amide bonds. The van der Waals surface area contributed by atoms with Crippen molar-refractivity contribution in [1.29, 1.82) is 0 Å². The average Bonchev–Trinajstić information content (AvgIpc) is 2.41. The molecule has 2 aliphatic carbocycles. The molecule has 6 N–H and O–H groups in total. The first-order chi connectivity index (χ1) is 10.3. The van der Waals surface area contributed by atoms with E-state index in [4.69, 9.17) is 0 Å². The molecule has 0 radical (unpaired) electrons. The van der Waals surface area contributed by atoms with Gasteiger partial charge in [-0.2, -0.15) is 0 Å². The highest BCUT2D eigenvalue weighted by atomic mass is 16.3. The minimum absolute atomic E-state index is 0.0188. The third kappa shape index (κ3) is 3.85. The van der Waals surface area contributed by atoms with E-state index in [1.54, 1.807) is 0 Å². The Balaban J connectivity index is 2.03. The van der Waals surface area contributed by atoms with Gasteiger partial charge in [-0.05, 0) is 31.3 Å². The highest BCUT2D eigenvalue weighted by Crippen LogP contribution is 2.30. The number of hydrogen-bond acceptors (Lipinski definition) is 7. The molecule has 2 rings (SSSR count). The number of hydrogen-bond donors (Lipinski definition) is 6. The van der Waals surface area contributed by atoms with Crippen LogP contribution in [0.15, 0.2) is 11.8 Å². The van der Waals surface area contributed by atoms with E-state index in [1.807, 2.05) is 0 Å². The molecule has 0 aromatic carbocycles. The lowest BCUT2D eigenvalue weighted by atomic mass is 9.78. The maximum absolute atomic E-state index is 12.2. The summed E-state index contributed by atoms with van der Waals surface area (Å²) >= 11 is 0. The van der Waals surface area contributed by atoms with Crippen molar-refractivity contribution < 1.29 is 35.4 Å². The summed E-state index contributed by atoms with van der Waals surface area (Å²) in [4.78, 5) is 12.2. The normalized spacial score (nSPS) is 43.9. The number of carbonyl (C=O) groups excluding carboxylic acids is 1. The molecule has 0 aromatic rings. The molecular weight excluding hydrogens is 292 g/mol. The van der Waals surface area contributed by atoms with Crippen molar-refractivity contribution in [3.8, 4) is 0 Å². The van der Waals surface area contributed by atoms with Gasteiger partial charge in [-0.25, -0.2) is 0 Å². The lowest BCUT2D eigenvalue weighted by molar-refractivity contribution is -0.138. The number of carbonyl (C=O) groups is 1. The SMILES string of the molecule is O=C(/C(O)=C/C1CCC(O)C(O)C1)C1C(O)CC(O)CC1O. The molecule has 0 aromatic heterocycles. The first-order valence-electron chi connectivity index (χ1n) is 7.65. The number of ketones is 1. The summed E-state index contributed by atoms with van der Waals surface area (Å²) in [7, 11) is 0. The van der Waals surface area contributed by atoms with Crippen LogP contribution in [0.5, 0.6) is 0 Å². The van der Waals surface area contributed by atoms with Crippen LogP contribution in [0.25, 0.3) is 0 Å². The molecule has 2 aliphatic rings. The van der Waals surface area contributed by atoms with Crippen LogP contribution >= 0.6 is 0 Å². The Hall–Kier alpha value is -0.990. The van der Waals surface area contributed by atoms with Crippen molar-refractivity contribution in [2.75, 3.05) is 0 Å². The molecule has 0 spiro atoms. The Morgan fingerprint density at radius 2 is 1.41 bits per heavy atom. The molecule has 22 heavy (non-hydrogen) atoms. The standard InChI is InChI=1S/C15H24O7/c16-8-5-11(19)14(12(20)6-8)15(22)13(21)4-7-1-2-9(17)10(18)3-7/h4,7-12,14,16-21H,1-3,5-6H2/b13-4-. The van der Waals surface area contributed by atoms with Crippen molar-refractivity contribution in [3.63, 3.8) is 0 Å². The zero-order valence-corrected chi connectivity index (χ0v) is 12.2. The van der Waals surface area contributed by atoms with E-state index in [1.165, 1.54) is 6.08 Å². The van der Waals surface area contributed by atoms with Gasteiger partial charge in [0.25, 0.3) is 0 Å². The van der Waals surface area contributed by atoms with Crippen LogP contribution in [-0.2, 0) is 4.79 Å². The third-order valence-electron chi connectivity index (χ3n) is 4.63. The van der Waals surface area contributed by atoms with Gasteiger partial charge in [0.1, 0.15) is 0 Å². The van der Waals surface area contributed by atoms with Crippen molar-refractivity contribution in [3.05, 3.63) is 11.8 Å². The van der Waals surface area contributed by atoms with Crippen molar-refractivity contribution in [1.82, 2.24) is 0 Å². The van der Waals surface area contributed by atoms with Gasteiger partial charge in [0, 0.05) is 12.8 Å². The van der Waals surface area contributed by atoms with Gasteiger partial charge in [0.05, 0.1) is 36.4 Å². The van der Waals surface area contributed by atoms with E-state index in [0.29, 0.717) is 12.8 Å². The first-order valence-corrected chi connectivity index (χ1v) is 7.65. The minimum atomic E-state index is -1.21. The third-order valence-corrected chi connectivity index (χ3v) is 4.63. The number of Topliss-reactive ketones (excluding diaryl/α,β-unsaturated/α-hetero) is 1. The van der Waals surface area contributed by atoms with Gasteiger partial charge in [-0.15, -0.1) is 0 Å². The van der Waals surface area contributed by atoms with E-state index in [-0.39, 0.29) is 25.2 Å². The smallest absolute Gasteiger partial charge is 0.205 e. The Morgan fingerprint density at radius 1 is 0.818 bits per heavy atom. The first kappa shape index (κ1) is 17.4. The number of aliphatic hydroxyl groups is 6. The molecule has 126 valence electrons. The van der Waals surface area contributed by atoms with Gasteiger partial charge >= 0.3 is 0 Å². The second-order valence-corrected chi connectivity index (χ2v) is 6.41. The zero-order valence-electron chi connectivity index (χ0n) is 12.2. The fraction of sp³-hybridized carbons (Fsp3) is 0.800. The number of allylic oxidation sites excluding steroid dienone is 2. The molecule has 0 saturated heterocycles. The fourth-order valence-corrected chi connectivity index (χ4v) is 3.34. The van der Waals surface area contributed by atoms with Crippen LogP contribution in [0.2, 0.25) is 0 Å². The van der Waals surface area contributed by atoms with E-state index < -0.39 is 48.0 Å². The monoisotopic (exact) mass is 316 g/mol. The molecule has 5 atom stereocenters. The van der Waals surface area contributed by atoms with Gasteiger partial charge in [-0.3, -0.25) is 4.79 Å². The largest absolute Gasteiger partial charge is 0.505 e. The molecule has 0 aliphatic heterocycles. The average molecular weight is 316 g/mol. The Bertz CT molecular complexity index is 424. The lowest BCUT2D eigenvalue weighted by Gasteiger charge is -2.34. The van der Waals surface area contributed by atoms with Gasteiger partial charge in [0.15, 0.2) is 5.76 Å². The molecule has 2 saturated carbocycles. The number of rotatable bonds is 3. The van der Waals surface area contributed by atoms with Gasteiger partial charge in [0.2, 0.25) is 5.78 Å². The van der Waals surface area contributed by atoms with Crippen LogP contribution in [-0.4, -0.2) is 66.9 Å². The van der Waals surface area contributed by atoms with Crippen LogP contribution < -0.4 is 0 Å². The summed E-state index contributed by atoms with van der Waals surface area (Å²) in [5.41, 5.74) is 0. The van der Waals surface area contributed by atoms with E-state index >= 15 is 0 Å². The molecule has 0 bridgehead atoms. The predicted molar refractivity (Wildman–Crippen MR) is 75.8 cm³/mol. The molecule has 0 heterocycles. The van der Waals surface area contributed by atoms with Crippen LogP contribution in [0.1, 0.15) is 32.1 Å². The fourth-order valence-electron chi connectivity index (χ4n) is 3.34. The molecule has 2 fully saturated rings. The summed E-state index contributed by atoms with van der Waals surface area (Å²) in [6, 6.07) is 0. The summed E-state index contributed by atoms with van der Waals surface area (Å²) in [6.45, 7) is 0. The van der Waals surface area contributed by atoms with E-state index in [9.17, 15) is 35.4 Å². The van der Waals surface area contributed by atoms with Crippen LogP contribution in [0.4, 0.5) is 0 Å². The minimum Gasteiger partial charge on any atom is -0.505 e. The van der Waals surface area contributed by atoms with Crippen LogP contribution in [0, 0.1) is 11.8 Å². The van der Waals surface area contributed by atoms with Crippen molar-refractivity contribution in [2.24, 2.45) is 11.8 Å². The second-order valence-electron chi connectivity index (χ2n) is 6.41. The highest BCUT2D eigenvalue weighted by molar-refractivity contribution is 5.95. The summed E-state index contributed by atoms with van der Waals surface area (Å²) < 4.78 is 0. The summed E-state index contributed by atoms with van der Waals surface area (Å²) in [5, 5.41) is 58.2. The van der Waals surface area contributed by atoms with E-state index in [0.717, 1.165) is 0 Å². The molecule has 7 heteroatoms. The second kappa shape index (κ2) is 7.06. The maximum Gasteiger partial charge on any atom is 0.205 e. The molecular formula is C15H24O7. The quantitative estimate of drug-likeness (QED) is 0.290. The zero-order chi connectivity index (χ0) is 16.4. The Morgan fingerprint density at radius 3 is 1.95 bits per heavy atom. The van der Waals surface area contributed by atoms with E-state index in [2.05, 4.69) is 0 Å². The predicted octanol–water partition coefficient (Wildman–Crippen LogP) is -0.988. The Kier molecular flexibility index (Phi) is 5.57. The maximum atomic E-state index is 12.2. The van der Waals surface area contributed by atoms with Crippen molar-refractivity contribution in [2.45, 2.75) is 62.6 Å². The summed E-state index contributed by atoms with van der Waals surface area (Å²) in [5.74, 6) is -2.70. The molecule has 5 unspecified atom stereocenters. The number of aliphatic hydroxyl groups excluding tert-OH is 6. The topological polar surface area (TPSA) is 138 Å². The van der Waals surface area contributed by atoms with Gasteiger partial charge < -0.3 is 30.6 Å². The highest BCUT2D eigenvalue weighted by Gasteiger charge is 2.41. The Labute approximate surface area is 128 Å². The summed E-state index contributed by atoms with van der Waals surface area (Å²) in [6.07, 6.45) is -2.52. The molecule has 7 nitrogen and oxygen atoms in total. The van der Waals surface area contributed by atoms with Crippen LogP contribution in [0.3, 0.4) is 0 Å². The van der Waals surface area contributed by atoms with Gasteiger partial charge in [-0.1, -0.05) is 0 Å².